The number of nitrogens with two attached hydrogens (primary N) is 1. The molecule has 23 heavy (non-hydrogen) atoms. The molecule has 1 atom stereocenters. The first-order valence-corrected chi connectivity index (χ1v) is 11.3. The van der Waals surface area contributed by atoms with E-state index in [0.29, 0.717) is 6.42 Å². The molecule has 0 saturated carbocycles. The number of hydrogen-bond donors (Lipinski definition) is 1. The fourth-order valence-corrected chi connectivity index (χ4v) is 2.93. The Bertz CT molecular complexity index is 735. The number of hydrogen-bond acceptors (Lipinski definition) is 1. The molecule has 2 nitrogen and oxygen atoms in total. The number of carbonyl (C=O) groups is 1. The molecule has 0 spiro atoms. The molecular weight excluding hydrogens is 298 g/mol. The van der Waals surface area contributed by atoms with Gasteiger partial charge in [-0.1, -0.05) is 68.0 Å². The third kappa shape index (κ3) is 5.43. The van der Waals surface area contributed by atoms with Crippen LogP contribution in [0.5, 0.6) is 0 Å². The Morgan fingerprint density at radius 2 is 1.70 bits per heavy atom. The van der Waals surface area contributed by atoms with E-state index in [4.69, 9.17) is 5.73 Å². The van der Waals surface area contributed by atoms with Gasteiger partial charge in [0.1, 0.15) is 8.07 Å². The number of amides is 1. The van der Waals surface area contributed by atoms with Crippen molar-refractivity contribution < 1.29 is 4.79 Å². The minimum atomic E-state index is -1.41. The second kappa shape index (κ2) is 7.30. The molecule has 1 amide bonds. The topological polar surface area (TPSA) is 43.1 Å². The van der Waals surface area contributed by atoms with E-state index in [2.05, 4.69) is 37.2 Å². The summed E-state index contributed by atoms with van der Waals surface area (Å²) in [5.74, 6) is 2.96. The van der Waals surface area contributed by atoms with E-state index in [1.807, 2.05) is 48.5 Å². The van der Waals surface area contributed by atoms with Crippen molar-refractivity contribution in [1.29, 1.82) is 0 Å². The molecule has 2 N–H and O–H groups in total. The molecule has 0 radical (unpaired) electrons. The summed E-state index contributed by atoms with van der Waals surface area (Å²) in [7, 11) is -1.41. The highest BCUT2D eigenvalue weighted by molar-refractivity contribution is 6.83. The molecule has 3 heteroatoms. The lowest BCUT2D eigenvalue weighted by atomic mass is 9.87. The maximum atomic E-state index is 11.5. The summed E-state index contributed by atoms with van der Waals surface area (Å²) in [4.78, 5) is 11.5. The summed E-state index contributed by atoms with van der Waals surface area (Å²) < 4.78 is 0. The Morgan fingerprint density at radius 3 is 2.30 bits per heavy atom. The molecule has 0 aliphatic carbocycles. The Labute approximate surface area is 139 Å². The molecule has 0 bridgehead atoms. The first kappa shape index (κ1) is 17.0. The van der Waals surface area contributed by atoms with Gasteiger partial charge in [-0.05, 0) is 23.3 Å². The average Bonchev–Trinajstić information content (AvgIpc) is 2.51. The van der Waals surface area contributed by atoms with E-state index in [9.17, 15) is 4.79 Å². The van der Waals surface area contributed by atoms with E-state index in [0.717, 1.165) is 16.7 Å². The van der Waals surface area contributed by atoms with Crippen molar-refractivity contribution in [2.24, 2.45) is 5.73 Å². The van der Waals surface area contributed by atoms with Gasteiger partial charge in [0.2, 0.25) is 5.91 Å². The smallest absolute Gasteiger partial charge is 0.218 e. The van der Waals surface area contributed by atoms with Crippen molar-refractivity contribution >= 4 is 14.0 Å². The minimum Gasteiger partial charge on any atom is -0.370 e. The molecule has 0 fully saturated rings. The lowest BCUT2D eigenvalue weighted by molar-refractivity contribution is -0.118. The van der Waals surface area contributed by atoms with Crippen LogP contribution in [0.25, 0.3) is 0 Å². The van der Waals surface area contributed by atoms with Crippen LogP contribution in [0.15, 0.2) is 54.6 Å². The van der Waals surface area contributed by atoms with E-state index in [1.54, 1.807) is 0 Å². The third-order valence-electron chi connectivity index (χ3n) is 3.48. The highest BCUT2D eigenvalue weighted by Crippen LogP contribution is 2.28. The third-order valence-corrected chi connectivity index (χ3v) is 4.35. The van der Waals surface area contributed by atoms with Gasteiger partial charge in [0, 0.05) is 17.9 Å². The van der Waals surface area contributed by atoms with E-state index < -0.39 is 8.07 Å². The standard InChI is InChI=1S/C20H23NOSi/c1-23(2,3)13-12-16-8-7-11-18(14-16)19(15-20(21)22)17-9-5-4-6-10-17/h4-11,14,19H,15H2,1-3H3,(H2,21,22). The Morgan fingerprint density at radius 1 is 1.04 bits per heavy atom. The van der Waals surface area contributed by atoms with Crippen LogP contribution in [-0.4, -0.2) is 14.0 Å². The molecular formula is C20H23NOSi. The van der Waals surface area contributed by atoms with Crippen LogP contribution in [0.2, 0.25) is 19.6 Å². The van der Waals surface area contributed by atoms with Gasteiger partial charge < -0.3 is 5.73 Å². The number of rotatable bonds is 4. The summed E-state index contributed by atoms with van der Waals surface area (Å²) in [6, 6.07) is 18.1. The highest BCUT2D eigenvalue weighted by atomic mass is 28.3. The zero-order valence-corrected chi connectivity index (χ0v) is 15.0. The monoisotopic (exact) mass is 321 g/mol. The van der Waals surface area contributed by atoms with Crippen LogP contribution in [0.1, 0.15) is 29.0 Å². The Kier molecular flexibility index (Phi) is 5.41. The molecule has 118 valence electrons. The highest BCUT2D eigenvalue weighted by Gasteiger charge is 2.17. The van der Waals surface area contributed by atoms with E-state index in [1.165, 1.54) is 0 Å². The van der Waals surface area contributed by atoms with Gasteiger partial charge in [0.05, 0.1) is 0 Å². The van der Waals surface area contributed by atoms with Crippen LogP contribution in [0, 0.1) is 11.5 Å². The molecule has 2 aromatic rings. The van der Waals surface area contributed by atoms with Crippen molar-refractivity contribution in [3.05, 3.63) is 71.3 Å². The number of carbonyl (C=O) groups excluding carboxylic acids is 1. The van der Waals surface area contributed by atoms with Crippen LogP contribution in [-0.2, 0) is 4.79 Å². The Balaban J connectivity index is 2.39. The van der Waals surface area contributed by atoms with Gasteiger partial charge in [-0.2, -0.15) is 0 Å². The van der Waals surface area contributed by atoms with Gasteiger partial charge in [-0.3, -0.25) is 4.79 Å². The lowest BCUT2D eigenvalue weighted by Gasteiger charge is -2.16. The van der Waals surface area contributed by atoms with Crippen molar-refractivity contribution in [3.63, 3.8) is 0 Å². The molecule has 0 aliphatic heterocycles. The lowest BCUT2D eigenvalue weighted by Crippen LogP contribution is -2.16. The average molecular weight is 321 g/mol. The predicted molar refractivity (Wildman–Crippen MR) is 98.8 cm³/mol. The van der Waals surface area contributed by atoms with Gasteiger partial charge in [0.25, 0.3) is 0 Å². The molecule has 0 heterocycles. The first-order chi connectivity index (χ1) is 10.8. The maximum Gasteiger partial charge on any atom is 0.218 e. The zero-order valence-electron chi connectivity index (χ0n) is 14.0. The first-order valence-electron chi connectivity index (χ1n) is 7.81. The minimum absolute atomic E-state index is 0.0256. The van der Waals surface area contributed by atoms with Gasteiger partial charge in [-0.15, -0.1) is 5.54 Å². The molecule has 0 aliphatic rings. The fraction of sp³-hybridized carbons (Fsp3) is 0.250. The van der Waals surface area contributed by atoms with Gasteiger partial charge >= 0.3 is 0 Å². The zero-order chi connectivity index (χ0) is 16.9. The summed E-state index contributed by atoms with van der Waals surface area (Å²) in [5, 5.41) is 0. The van der Waals surface area contributed by atoms with E-state index in [-0.39, 0.29) is 11.8 Å². The summed E-state index contributed by atoms with van der Waals surface area (Å²) in [6.45, 7) is 6.68. The van der Waals surface area contributed by atoms with E-state index >= 15 is 0 Å². The summed E-state index contributed by atoms with van der Waals surface area (Å²) in [5.41, 5.74) is 12.0. The molecule has 0 saturated heterocycles. The van der Waals surface area contributed by atoms with Gasteiger partial charge in [-0.25, -0.2) is 0 Å². The van der Waals surface area contributed by atoms with Crippen LogP contribution >= 0.6 is 0 Å². The molecule has 2 aromatic carbocycles. The maximum absolute atomic E-state index is 11.5. The molecule has 1 unspecified atom stereocenters. The van der Waals surface area contributed by atoms with Crippen molar-refractivity contribution in [3.8, 4) is 11.5 Å². The predicted octanol–water partition coefficient (Wildman–Crippen LogP) is 3.92. The second-order valence-corrected chi connectivity index (χ2v) is 11.5. The van der Waals surface area contributed by atoms with Crippen LogP contribution < -0.4 is 5.73 Å². The van der Waals surface area contributed by atoms with Crippen molar-refractivity contribution in [2.75, 3.05) is 0 Å². The quantitative estimate of drug-likeness (QED) is 0.673. The van der Waals surface area contributed by atoms with Crippen molar-refractivity contribution in [1.82, 2.24) is 0 Å². The number of benzene rings is 2. The fourth-order valence-electron chi connectivity index (χ4n) is 2.41. The largest absolute Gasteiger partial charge is 0.370 e. The SMILES string of the molecule is C[Si](C)(C)C#Cc1cccc(C(CC(N)=O)c2ccccc2)c1. The normalized spacial score (nSPS) is 12.1. The number of primary amides is 1. The van der Waals surface area contributed by atoms with Crippen LogP contribution in [0.3, 0.4) is 0 Å². The second-order valence-electron chi connectivity index (χ2n) is 6.76. The molecule has 0 aromatic heterocycles. The summed E-state index contributed by atoms with van der Waals surface area (Å²) >= 11 is 0. The Hall–Kier alpha value is -2.31. The summed E-state index contributed by atoms with van der Waals surface area (Å²) in [6.07, 6.45) is 0.301. The van der Waals surface area contributed by atoms with Crippen LogP contribution in [0.4, 0.5) is 0 Å². The molecule has 2 rings (SSSR count). The van der Waals surface area contributed by atoms with Gasteiger partial charge in [0.15, 0.2) is 0 Å². The van der Waals surface area contributed by atoms with Crippen molar-refractivity contribution in [2.45, 2.75) is 32.0 Å².